The second kappa shape index (κ2) is 5.65. The van der Waals surface area contributed by atoms with Crippen LogP contribution in [0.3, 0.4) is 0 Å². The van der Waals surface area contributed by atoms with E-state index in [1.165, 1.54) is 5.56 Å². The van der Waals surface area contributed by atoms with E-state index in [-0.39, 0.29) is 6.04 Å². The molecule has 1 aromatic carbocycles. The summed E-state index contributed by atoms with van der Waals surface area (Å²) in [5, 5.41) is 18.1. The molecular formula is C15H19NOS. The Morgan fingerprint density at radius 2 is 2.00 bits per heavy atom. The highest BCUT2D eigenvalue weighted by Crippen LogP contribution is 2.21. The number of hydrogen-bond donors (Lipinski definition) is 2. The van der Waals surface area contributed by atoms with E-state index in [0.717, 1.165) is 5.56 Å². The summed E-state index contributed by atoms with van der Waals surface area (Å²) in [6.45, 7) is 4.49. The van der Waals surface area contributed by atoms with Gasteiger partial charge in [-0.05, 0) is 41.8 Å². The van der Waals surface area contributed by atoms with Gasteiger partial charge in [0, 0.05) is 12.6 Å². The third kappa shape index (κ3) is 3.19. The number of thiophene rings is 1. The van der Waals surface area contributed by atoms with Gasteiger partial charge in [0.05, 0.1) is 5.60 Å². The SMILES string of the molecule is CC(NCC(C)(O)c1ccccc1)c1ccsc1. The first-order chi connectivity index (χ1) is 8.59. The van der Waals surface area contributed by atoms with Crippen molar-refractivity contribution in [3.05, 3.63) is 58.3 Å². The Balaban J connectivity index is 1.97. The maximum Gasteiger partial charge on any atom is 0.0992 e. The van der Waals surface area contributed by atoms with E-state index >= 15 is 0 Å². The maximum atomic E-state index is 10.5. The molecule has 2 nitrogen and oxygen atoms in total. The van der Waals surface area contributed by atoms with Gasteiger partial charge >= 0.3 is 0 Å². The topological polar surface area (TPSA) is 32.3 Å². The molecule has 0 amide bonds. The largest absolute Gasteiger partial charge is 0.384 e. The average molecular weight is 261 g/mol. The van der Waals surface area contributed by atoms with Crippen molar-refractivity contribution in [3.8, 4) is 0 Å². The van der Waals surface area contributed by atoms with Crippen molar-refractivity contribution in [3.63, 3.8) is 0 Å². The van der Waals surface area contributed by atoms with Crippen LogP contribution in [0, 0.1) is 0 Å². The predicted octanol–water partition coefficient (Wildman–Crippen LogP) is 3.31. The van der Waals surface area contributed by atoms with Crippen molar-refractivity contribution in [2.75, 3.05) is 6.54 Å². The van der Waals surface area contributed by atoms with Gasteiger partial charge in [-0.25, -0.2) is 0 Å². The lowest BCUT2D eigenvalue weighted by molar-refractivity contribution is 0.0544. The van der Waals surface area contributed by atoms with Crippen molar-refractivity contribution in [2.45, 2.75) is 25.5 Å². The third-order valence-electron chi connectivity index (χ3n) is 3.19. The minimum atomic E-state index is -0.842. The Kier molecular flexibility index (Phi) is 4.17. The van der Waals surface area contributed by atoms with E-state index in [9.17, 15) is 5.11 Å². The first-order valence-corrected chi connectivity index (χ1v) is 7.07. The highest BCUT2D eigenvalue weighted by Gasteiger charge is 2.23. The molecule has 2 atom stereocenters. The molecule has 2 aromatic rings. The van der Waals surface area contributed by atoms with Crippen molar-refractivity contribution in [1.29, 1.82) is 0 Å². The summed E-state index contributed by atoms with van der Waals surface area (Å²) < 4.78 is 0. The van der Waals surface area contributed by atoms with Crippen molar-refractivity contribution >= 4 is 11.3 Å². The molecule has 96 valence electrons. The molecule has 0 bridgehead atoms. The third-order valence-corrected chi connectivity index (χ3v) is 3.89. The second-order valence-electron chi connectivity index (χ2n) is 4.80. The molecule has 1 aromatic heterocycles. The van der Waals surface area contributed by atoms with E-state index in [4.69, 9.17) is 0 Å². The summed E-state index contributed by atoms with van der Waals surface area (Å²) in [4.78, 5) is 0. The van der Waals surface area contributed by atoms with Crippen LogP contribution in [0.25, 0.3) is 0 Å². The van der Waals surface area contributed by atoms with E-state index < -0.39 is 5.60 Å². The van der Waals surface area contributed by atoms with Crippen LogP contribution in [-0.4, -0.2) is 11.7 Å². The molecule has 3 heteroatoms. The molecule has 0 spiro atoms. The molecule has 1 heterocycles. The lowest BCUT2D eigenvalue weighted by Crippen LogP contribution is -2.36. The smallest absolute Gasteiger partial charge is 0.0992 e. The van der Waals surface area contributed by atoms with E-state index in [0.29, 0.717) is 6.54 Å². The molecular weight excluding hydrogens is 242 g/mol. The number of benzene rings is 1. The molecule has 0 aliphatic rings. The van der Waals surface area contributed by atoms with Crippen LogP contribution in [0.15, 0.2) is 47.2 Å². The monoisotopic (exact) mass is 261 g/mol. The Morgan fingerprint density at radius 1 is 1.28 bits per heavy atom. The molecule has 0 radical (unpaired) electrons. The van der Waals surface area contributed by atoms with Crippen LogP contribution in [0.5, 0.6) is 0 Å². The van der Waals surface area contributed by atoms with Gasteiger partial charge in [-0.2, -0.15) is 11.3 Å². The summed E-state index contributed by atoms with van der Waals surface area (Å²) in [6.07, 6.45) is 0. The Hall–Kier alpha value is -1.16. The van der Waals surface area contributed by atoms with Crippen LogP contribution in [0.4, 0.5) is 0 Å². The minimum Gasteiger partial charge on any atom is -0.384 e. The van der Waals surface area contributed by atoms with Crippen LogP contribution < -0.4 is 5.32 Å². The molecule has 0 aliphatic heterocycles. The van der Waals surface area contributed by atoms with Gasteiger partial charge < -0.3 is 10.4 Å². The molecule has 0 saturated carbocycles. The highest BCUT2D eigenvalue weighted by molar-refractivity contribution is 7.07. The van der Waals surface area contributed by atoms with Gasteiger partial charge in [-0.1, -0.05) is 30.3 Å². The average Bonchev–Trinajstić information content (AvgIpc) is 2.91. The first-order valence-electron chi connectivity index (χ1n) is 6.13. The quantitative estimate of drug-likeness (QED) is 0.865. The normalized spacial score (nSPS) is 16.2. The van der Waals surface area contributed by atoms with Gasteiger partial charge in [-0.15, -0.1) is 0 Å². The summed E-state index contributed by atoms with van der Waals surface area (Å²) >= 11 is 1.70. The Labute approximate surface area is 112 Å². The van der Waals surface area contributed by atoms with Crippen LogP contribution >= 0.6 is 11.3 Å². The molecule has 0 aliphatic carbocycles. The fourth-order valence-electron chi connectivity index (χ4n) is 1.89. The summed E-state index contributed by atoms with van der Waals surface area (Å²) in [7, 11) is 0. The minimum absolute atomic E-state index is 0.256. The lowest BCUT2D eigenvalue weighted by Gasteiger charge is -2.26. The van der Waals surface area contributed by atoms with E-state index in [1.807, 2.05) is 37.3 Å². The number of hydrogen-bond acceptors (Lipinski definition) is 3. The van der Waals surface area contributed by atoms with Gasteiger partial charge in [0.25, 0.3) is 0 Å². The van der Waals surface area contributed by atoms with Gasteiger partial charge in [0.1, 0.15) is 0 Å². The zero-order valence-corrected chi connectivity index (χ0v) is 11.6. The first kappa shape index (κ1) is 13.3. The molecule has 2 rings (SSSR count). The molecule has 0 saturated heterocycles. The predicted molar refractivity (Wildman–Crippen MR) is 76.7 cm³/mol. The summed E-state index contributed by atoms with van der Waals surface area (Å²) in [5.41, 5.74) is 1.37. The van der Waals surface area contributed by atoms with Gasteiger partial charge in [-0.3, -0.25) is 0 Å². The van der Waals surface area contributed by atoms with Gasteiger partial charge in [0.15, 0.2) is 0 Å². The Bertz CT molecular complexity index is 465. The summed E-state index contributed by atoms with van der Waals surface area (Å²) in [5.74, 6) is 0. The molecule has 18 heavy (non-hydrogen) atoms. The van der Waals surface area contributed by atoms with E-state index in [1.54, 1.807) is 11.3 Å². The fourth-order valence-corrected chi connectivity index (χ4v) is 2.64. The van der Waals surface area contributed by atoms with E-state index in [2.05, 4.69) is 29.1 Å². The van der Waals surface area contributed by atoms with Crippen LogP contribution in [0.1, 0.15) is 31.0 Å². The van der Waals surface area contributed by atoms with Crippen molar-refractivity contribution in [2.24, 2.45) is 0 Å². The maximum absolute atomic E-state index is 10.5. The van der Waals surface area contributed by atoms with Crippen molar-refractivity contribution < 1.29 is 5.11 Å². The summed E-state index contributed by atoms with van der Waals surface area (Å²) in [6, 6.07) is 12.1. The van der Waals surface area contributed by atoms with Crippen LogP contribution in [-0.2, 0) is 5.60 Å². The zero-order valence-electron chi connectivity index (χ0n) is 10.8. The molecule has 2 N–H and O–H groups in total. The second-order valence-corrected chi connectivity index (χ2v) is 5.58. The van der Waals surface area contributed by atoms with Crippen molar-refractivity contribution in [1.82, 2.24) is 5.32 Å². The number of nitrogens with one attached hydrogen (secondary N) is 1. The Morgan fingerprint density at radius 3 is 2.61 bits per heavy atom. The zero-order chi connectivity index (χ0) is 13.0. The molecule has 0 fully saturated rings. The van der Waals surface area contributed by atoms with Crippen LogP contribution in [0.2, 0.25) is 0 Å². The number of rotatable bonds is 5. The standard InChI is InChI=1S/C15H19NOS/c1-12(13-8-9-18-10-13)16-11-15(2,17)14-6-4-3-5-7-14/h3-10,12,16-17H,11H2,1-2H3. The highest BCUT2D eigenvalue weighted by atomic mass is 32.1. The fraction of sp³-hybridized carbons (Fsp3) is 0.333. The van der Waals surface area contributed by atoms with Gasteiger partial charge in [0.2, 0.25) is 0 Å². The molecule has 2 unspecified atom stereocenters. The lowest BCUT2D eigenvalue weighted by atomic mass is 9.95. The number of aliphatic hydroxyl groups is 1.